The van der Waals surface area contributed by atoms with E-state index in [1.54, 1.807) is 0 Å². The Bertz CT molecular complexity index is 510. The average molecular weight is 317 g/mol. The molecule has 2 amide bonds. The number of rotatable bonds is 7. The summed E-state index contributed by atoms with van der Waals surface area (Å²) >= 11 is 0. The van der Waals surface area contributed by atoms with E-state index in [9.17, 15) is 9.59 Å². The van der Waals surface area contributed by atoms with Crippen molar-refractivity contribution in [3.63, 3.8) is 0 Å². The lowest BCUT2D eigenvalue weighted by Crippen LogP contribution is -2.51. The fourth-order valence-corrected chi connectivity index (χ4v) is 2.81. The first-order chi connectivity index (χ1) is 11.1. The second kappa shape index (κ2) is 8.67. The molecule has 126 valence electrons. The Balaban J connectivity index is 1.84. The predicted molar refractivity (Wildman–Crippen MR) is 90.9 cm³/mol. The lowest BCUT2D eigenvalue weighted by Gasteiger charge is -2.23. The molecule has 1 fully saturated rings. The smallest absolute Gasteiger partial charge is 0.242 e. The van der Waals surface area contributed by atoms with Crippen molar-refractivity contribution < 1.29 is 9.59 Å². The van der Waals surface area contributed by atoms with Gasteiger partial charge in [0.05, 0.1) is 6.42 Å². The third-order valence-electron chi connectivity index (χ3n) is 4.16. The van der Waals surface area contributed by atoms with Crippen molar-refractivity contribution >= 4 is 11.8 Å². The van der Waals surface area contributed by atoms with Gasteiger partial charge in [0.2, 0.25) is 11.8 Å². The van der Waals surface area contributed by atoms with Crippen LogP contribution in [0.2, 0.25) is 0 Å². The van der Waals surface area contributed by atoms with Gasteiger partial charge in [-0.3, -0.25) is 9.59 Å². The van der Waals surface area contributed by atoms with Crippen LogP contribution in [0.3, 0.4) is 0 Å². The summed E-state index contributed by atoms with van der Waals surface area (Å²) in [6.45, 7) is 5.53. The van der Waals surface area contributed by atoms with Gasteiger partial charge in [-0.05, 0) is 30.9 Å². The lowest BCUT2D eigenvalue weighted by molar-refractivity contribution is -0.129. The standard InChI is InChI=1S/C18H27N3O2/c1-13(2)17(18(23)20-12-15-9-6-10-19-15)21-16(22)11-14-7-4-3-5-8-14/h3-5,7-8,13,15,17,19H,6,9-12H2,1-2H3,(H,20,23)(H,21,22). The summed E-state index contributed by atoms with van der Waals surface area (Å²) in [5, 5.41) is 9.18. The molecule has 2 atom stereocenters. The van der Waals surface area contributed by atoms with E-state index < -0.39 is 6.04 Å². The molecular formula is C18H27N3O2. The number of hydrogen-bond acceptors (Lipinski definition) is 3. The number of amides is 2. The first-order valence-electron chi connectivity index (χ1n) is 8.40. The minimum Gasteiger partial charge on any atom is -0.353 e. The van der Waals surface area contributed by atoms with Crippen molar-refractivity contribution in [3.8, 4) is 0 Å². The molecule has 1 aromatic rings. The van der Waals surface area contributed by atoms with Gasteiger partial charge < -0.3 is 16.0 Å². The molecule has 0 aromatic heterocycles. The molecule has 0 bridgehead atoms. The summed E-state index contributed by atoms with van der Waals surface area (Å²) in [5.41, 5.74) is 0.947. The van der Waals surface area contributed by atoms with Crippen LogP contribution in [0.15, 0.2) is 30.3 Å². The van der Waals surface area contributed by atoms with Crippen LogP contribution in [0.1, 0.15) is 32.3 Å². The zero-order valence-corrected chi connectivity index (χ0v) is 14.0. The number of benzene rings is 1. The molecule has 0 radical (unpaired) electrons. The third kappa shape index (κ3) is 5.67. The zero-order valence-electron chi connectivity index (χ0n) is 14.0. The molecule has 1 aromatic carbocycles. The van der Waals surface area contributed by atoms with Crippen molar-refractivity contribution in [1.29, 1.82) is 0 Å². The van der Waals surface area contributed by atoms with E-state index in [0.29, 0.717) is 19.0 Å². The lowest BCUT2D eigenvalue weighted by atomic mass is 10.0. The van der Waals surface area contributed by atoms with Crippen LogP contribution in [0, 0.1) is 5.92 Å². The monoisotopic (exact) mass is 317 g/mol. The highest BCUT2D eigenvalue weighted by molar-refractivity contribution is 5.88. The highest BCUT2D eigenvalue weighted by atomic mass is 16.2. The average Bonchev–Trinajstić information content (AvgIpc) is 3.04. The summed E-state index contributed by atoms with van der Waals surface area (Å²) in [5.74, 6) is -0.176. The molecule has 5 heteroatoms. The number of carbonyl (C=O) groups is 2. The van der Waals surface area contributed by atoms with Crippen LogP contribution in [0.5, 0.6) is 0 Å². The fourth-order valence-electron chi connectivity index (χ4n) is 2.81. The van der Waals surface area contributed by atoms with Crippen molar-refractivity contribution in [2.45, 2.75) is 45.2 Å². The van der Waals surface area contributed by atoms with E-state index in [1.807, 2.05) is 44.2 Å². The topological polar surface area (TPSA) is 70.2 Å². The van der Waals surface area contributed by atoms with Gasteiger partial charge in [-0.1, -0.05) is 44.2 Å². The highest BCUT2D eigenvalue weighted by Gasteiger charge is 2.25. The maximum atomic E-state index is 12.4. The largest absolute Gasteiger partial charge is 0.353 e. The van der Waals surface area contributed by atoms with E-state index in [1.165, 1.54) is 0 Å². The molecular weight excluding hydrogens is 290 g/mol. The Hall–Kier alpha value is -1.88. The summed E-state index contributed by atoms with van der Waals surface area (Å²) in [7, 11) is 0. The van der Waals surface area contributed by atoms with Gasteiger partial charge in [0, 0.05) is 12.6 Å². The first-order valence-corrected chi connectivity index (χ1v) is 8.40. The van der Waals surface area contributed by atoms with Gasteiger partial charge in [-0.15, -0.1) is 0 Å². The van der Waals surface area contributed by atoms with Crippen LogP contribution in [-0.2, 0) is 16.0 Å². The molecule has 5 nitrogen and oxygen atoms in total. The molecule has 23 heavy (non-hydrogen) atoms. The molecule has 1 heterocycles. The number of nitrogens with one attached hydrogen (secondary N) is 3. The van der Waals surface area contributed by atoms with Crippen LogP contribution in [0.4, 0.5) is 0 Å². The van der Waals surface area contributed by atoms with Gasteiger partial charge in [-0.25, -0.2) is 0 Å². The van der Waals surface area contributed by atoms with Crippen molar-refractivity contribution in [3.05, 3.63) is 35.9 Å². The Morgan fingerprint density at radius 2 is 2.00 bits per heavy atom. The Kier molecular flexibility index (Phi) is 6.59. The van der Waals surface area contributed by atoms with Crippen LogP contribution in [-0.4, -0.2) is 37.0 Å². The number of carbonyl (C=O) groups excluding carboxylic acids is 2. The summed E-state index contributed by atoms with van der Waals surface area (Å²) < 4.78 is 0. The molecule has 0 spiro atoms. The maximum Gasteiger partial charge on any atom is 0.242 e. The summed E-state index contributed by atoms with van der Waals surface area (Å²) in [6, 6.07) is 9.42. The molecule has 0 saturated carbocycles. The number of hydrogen-bond donors (Lipinski definition) is 3. The van der Waals surface area contributed by atoms with Gasteiger partial charge in [0.25, 0.3) is 0 Å². The van der Waals surface area contributed by atoms with Gasteiger partial charge >= 0.3 is 0 Å². The molecule has 3 N–H and O–H groups in total. The fraction of sp³-hybridized carbons (Fsp3) is 0.556. The van der Waals surface area contributed by atoms with Crippen molar-refractivity contribution in [2.24, 2.45) is 5.92 Å². The van der Waals surface area contributed by atoms with Crippen LogP contribution >= 0.6 is 0 Å². The zero-order chi connectivity index (χ0) is 16.7. The second-order valence-electron chi connectivity index (χ2n) is 6.49. The van der Waals surface area contributed by atoms with Gasteiger partial charge in [0.15, 0.2) is 0 Å². The van der Waals surface area contributed by atoms with E-state index in [-0.39, 0.29) is 17.7 Å². The Morgan fingerprint density at radius 3 is 2.61 bits per heavy atom. The van der Waals surface area contributed by atoms with Crippen molar-refractivity contribution in [1.82, 2.24) is 16.0 Å². The molecule has 0 aliphatic carbocycles. The maximum absolute atomic E-state index is 12.4. The SMILES string of the molecule is CC(C)C(NC(=O)Cc1ccccc1)C(=O)NCC1CCCN1. The molecule has 2 rings (SSSR count). The molecule has 2 unspecified atom stereocenters. The van der Waals surface area contributed by atoms with E-state index in [0.717, 1.165) is 24.9 Å². The van der Waals surface area contributed by atoms with Crippen LogP contribution in [0.25, 0.3) is 0 Å². The van der Waals surface area contributed by atoms with Crippen molar-refractivity contribution in [2.75, 3.05) is 13.1 Å². The molecule has 1 aliphatic rings. The van der Waals surface area contributed by atoms with Gasteiger partial charge in [-0.2, -0.15) is 0 Å². The highest BCUT2D eigenvalue weighted by Crippen LogP contribution is 2.06. The molecule has 1 saturated heterocycles. The minimum absolute atomic E-state index is 0.0475. The predicted octanol–water partition coefficient (Wildman–Crippen LogP) is 1.24. The first kappa shape index (κ1) is 17.5. The summed E-state index contributed by atoms with van der Waals surface area (Å²) in [6.07, 6.45) is 2.54. The normalized spacial score (nSPS) is 18.7. The third-order valence-corrected chi connectivity index (χ3v) is 4.16. The molecule has 1 aliphatic heterocycles. The second-order valence-corrected chi connectivity index (χ2v) is 6.49. The van der Waals surface area contributed by atoms with E-state index in [2.05, 4.69) is 16.0 Å². The Morgan fingerprint density at radius 1 is 1.26 bits per heavy atom. The summed E-state index contributed by atoms with van der Waals surface area (Å²) in [4.78, 5) is 24.6. The van der Waals surface area contributed by atoms with E-state index >= 15 is 0 Å². The minimum atomic E-state index is -0.493. The quantitative estimate of drug-likeness (QED) is 0.708. The Labute approximate surface area is 138 Å². The van der Waals surface area contributed by atoms with E-state index in [4.69, 9.17) is 0 Å². The van der Waals surface area contributed by atoms with Gasteiger partial charge in [0.1, 0.15) is 6.04 Å². The van der Waals surface area contributed by atoms with Crippen LogP contribution < -0.4 is 16.0 Å².